The van der Waals surface area contributed by atoms with Crippen LogP contribution in [0.1, 0.15) is 13.3 Å². The fourth-order valence-corrected chi connectivity index (χ4v) is 3.75. The van der Waals surface area contributed by atoms with Crippen LogP contribution in [0, 0.1) is 0 Å². The van der Waals surface area contributed by atoms with E-state index >= 15 is 0 Å². The molecule has 1 aromatic carbocycles. The maximum atomic E-state index is 11.1. The van der Waals surface area contributed by atoms with Crippen LogP contribution < -0.4 is 10.0 Å². The first-order valence-corrected chi connectivity index (χ1v) is 8.84. The Labute approximate surface area is 113 Å². The largest absolute Gasteiger partial charge is 0.381 e. The van der Waals surface area contributed by atoms with Gasteiger partial charge in [-0.05, 0) is 36.4 Å². The zero-order chi connectivity index (χ0) is 13.2. The number of hydrogen-bond donors (Lipinski definition) is 2. The van der Waals surface area contributed by atoms with Gasteiger partial charge in [-0.25, -0.2) is 8.42 Å². The summed E-state index contributed by atoms with van der Waals surface area (Å²) in [5, 5.41) is 4.11. The lowest BCUT2D eigenvalue weighted by Crippen LogP contribution is -2.24. The molecule has 2 unspecified atom stereocenters. The Balaban J connectivity index is 1.99. The van der Waals surface area contributed by atoms with Gasteiger partial charge in [-0.1, -0.05) is 6.92 Å². The number of benzene rings is 1. The SMILES string of the molecule is CC1SCCC1Nc1ccc(NS(C)(=O)=O)cc1. The summed E-state index contributed by atoms with van der Waals surface area (Å²) in [7, 11) is -3.19. The molecule has 2 atom stereocenters. The zero-order valence-corrected chi connectivity index (χ0v) is 12.1. The van der Waals surface area contributed by atoms with Gasteiger partial charge >= 0.3 is 0 Å². The molecule has 2 N–H and O–H groups in total. The molecular weight excluding hydrogens is 268 g/mol. The molecule has 1 aliphatic rings. The molecule has 0 radical (unpaired) electrons. The van der Waals surface area contributed by atoms with Crippen LogP contribution in [0.25, 0.3) is 0 Å². The second-order valence-corrected chi connectivity index (χ2v) is 7.80. The zero-order valence-electron chi connectivity index (χ0n) is 10.5. The molecule has 1 fully saturated rings. The summed E-state index contributed by atoms with van der Waals surface area (Å²) in [6, 6.07) is 7.86. The summed E-state index contributed by atoms with van der Waals surface area (Å²) in [5.41, 5.74) is 1.63. The van der Waals surface area contributed by atoms with Gasteiger partial charge in [0.25, 0.3) is 0 Å². The second kappa shape index (κ2) is 5.40. The highest BCUT2D eigenvalue weighted by atomic mass is 32.2. The molecule has 2 rings (SSSR count). The molecule has 1 aliphatic heterocycles. The van der Waals surface area contributed by atoms with Crippen LogP contribution in [0.3, 0.4) is 0 Å². The number of thioether (sulfide) groups is 1. The predicted octanol–water partition coefficient (Wildman–Crippen LogP) is 2.36. The van der Waals surface area contributed by atoms with Gasteiger partial charge in [-0.3, -0.25) is 4.72 Å². The normalized spacial score (nSPS) is 23.9. The monoisotopic (exact) mass is 286 g/mol. The van der Waals surface area contributed by atoms with Gasteiger partial charge in [-0.15, -0.1) is 0 Å². The molecule has 0 bridgehead atoms. The smallest absolute Gasteiger partial charge is 0.229 e. The van der Waals surface area contributed by atoms with Crippen molar-refractivity contribution < 1.29 is 8.42 Å². The fourth-order valence-electron chi connectivity index (χ4n) is 1.98. The first-order chi connectivity index (χ1) is 8.44. The average molecular weight is 286 g/mol. The van der Waals surface area contributed by atoms with Crippen LogP contribution in [-0.4, -0.2) is 31.7 Å². The van der Waals surface area contributed by atoms with E-state index in [2.05, 4.69) is 17.0 Å². The van der Waals surface area contributed by atoms with Gasteiger partial charge in [0, 0.05) is 22.7 Å². The van der Waals surface area contributed by atoms with Crippen molar-refractivity contribution >= 4 is 33.2 Å². The summed E-state index contributed by atoms with van der Waals surface area (Å²) in [6.45, 7) is 2.23. The summed E-state index contributed by atoms with van der Waals surface area (Å²) >= 11 is 1.98. The number of rotatable bonds is 4. The lowest BCUT2D eigenvalue weighted by atomic mass is 10.1. The van der Waals surface area contributed by atoms with Crippen molar-refractivity contribution in [2.45, 2.75) is 24.6 Å². The van der Waals surface area contributed by atoms with Crippen molar-refractivity contribution in [1.82, 2.24) is 0 Å². The third-order valence-corrected chi connectivity index (χ3v) is 4.85. The van der Waals surface area contributed by atoms with E-state index in [1.54, 1.807) is 12.1 Å². The molecule has 1 aromatic rings. The average Bonchev–Trinajstić information content (AvgIpc) is 2.65. The van der Waals surface area contributed by atoms with Crippen LogP contribution in [0.15, 0.2) is 24.3 Å². The highest BCUT2D eigenvalue weighted by molar-refractivity contribution is 8.00. The summed E-state index contributed by atoms with van der Waals surface area (Å²) in [6.07, 6.45) is 2.33. The lowest BCUT2D eigenvalue weighted by Gasteiger charge is -2.18. The van der Waals surface area contributed by atoms with Gasteiger partial charge < -0.3 is 5.32 Å². The molecule has 1 saturated heterocycles. The number of nitrogens with one attached hydrogen (secondary N) is 2. The van der Waals surface area contributed by atoms with Crippen molar-refractivity contribution in [1.29, 1.82) is 0 Å². The Morgan fingerprint density at radius 3 is 2.33 bits per heavy atom. The first kappa shape index (κ1) is 13.5. The number of hydrogen-bond acceptors (Lipinski definition) is 4. The minimum absolute atomic E-state index is 0.503. The maximum Gasteiger partial charge on any atom is 0.229 e. The Hall–Kier alpha value is -0.880. The standard InChI is InChI=1S/C12H18N2O2S2/c1-9-12(7-8-17-9)13-10-3-5-11(6-4-10)14-18(2,15)16/h3-6,9,12-14H,7-8H2,1-2H3. The van der Waals surface area contributed by atoms with Crippen LogP contribution in [0.4, 0.5) is 11.4 Å². The van der Waals surface area contributed by atoms with E-state index in [0.29, 0.717) is 17.0 Å². The number of anilines is 2. The Bertz CT molecular complexity index is 499. The highest BCUT2D eigenvalue weighted by Crippen LogP contribution is 2.29. The minimum atomic E-state index is -3.19. The molecular formula is C12H18N2O2S2. The van der Waals surface area contributed by atoms with E-state index in [1.165, 1.54) is 12.2 Å². The van der Waals surface area contributed by atoms with Gasteiger partial charge in [0.2, 0.25) is 10.0 Å². The molecule has 0 saturated carbocycles. The van der Waals surface area contributed by atoms with Gasteiger partial charge in [0.1, 0.15) is 0 Å². The van der Waals surface area contributed by atoms with Crippen molar-refractivity contribution in [2.24, 2.45) is 0 Å². The van der Waals surface area contributed by atoms with E-state index in [4.69, 9.17) is 0 Å². The van der Waals surface area contributed by atoms with Crippen LogP contribution in [-0.2, 0) is 10.0 Å². The lowest BCUT2D eigenvalue weighted by molar-refractivity contribution is 0.607. The van der Waals surface area contributed by atoms with Crippen LogP contribution in [0.5, 0.6) is 0 Å². The van der Waals surface area contributed by atoms with E-state index in [9.17, 15) is 8.42 Å². The molecule has 18 heavy (non-hydrogen) atoms. The topological polar surface area (TPSA) is 58.2 Å². The molecule has 0 spiro atoms. The fraction of sp³-hybridized carbons (Fsp3) is 0.500. The van der Waals surface area contributed by atoms with Crippen LogP contribution >= 0.6 is 11.8 Å². The Morgan fingerprint density at radius 1 is 1.22 bits per heavy atom. The Morgan fingerprint density at radius 2 is 1.83 bits per heavy atom. The van der Waals surface area contributed by atoms with Crippen molar-refractivity contribution in [3.8, 4) is 0 Å². The Kier molecular flexibility index (Phi) is 4.07. The number of sulfonamides is 1. The van der Waals surface area contributed by atoms with Crippen molar-refractivity contribution in [3.05, 3.63) is 24.3 Å². The predicted molar refractivity (Wildman–Crippen MR) is 78.9 cm³/mol. The maximum absolute atomic E-state index is 11.1. The van der Waals surface area contributed by atoms with E-state index in [1.807, 2.05) is 23.9 Å². The molecule has 0 aliphatic carbocycles. The first-order valence-electron chi connectivity index (χ1n) is 5.90. The van der Waals surface area contributed by atoms with Crippen LogP contribution in [0.2, 0.25) is 0 Å². The molecule has 100 valence electrons. The second-order valence-electron chi connectivity index (χ2n) is 4.57. The van der Waals surface area contributed by atoms with Gasteiger partial charge in [-0.2, -0.15) is 11.8 Å². The summed E-state index contributed by atoms with van der Waals surface area (Å²) in [5.74, 6) is 1.20. The highest BCUT2D eigenvalue weighted by Gasteiger charge is 2.23. The van der Waals surface area contributed by atoms with E-state index in [-0.39, 0.29) is 0 Å². The summed E-state index contributed by atoms with van der Waals surface area (Å²) in [4.78, 5) is 0. The van der Waals surface area contributed by atoms with Gasteiger partial charge in [0.15, 0.2) is 0 Å². The third-order valence-electron chi connectivity index (χ3n) is 2.92. The molecule has 0 aromatic heterocycles. The third kappa shape index (κ3) is 3.81. The molecule has 1 heterocycles. The quantitative estimate of drug-likeness (QED) is 0.892. The van der Waals surface area contributed by atoms with Crippen molar-refractivity contribution in [2.75, 3.05) is 22.0 Å². The molecule has 6 heteroatoms. The molecule has 4 nitrogen and oxygen atoms in total. The van der Waals surface area contributed by atoms with E-state index < -0.39 is 10.0 Å². The van der Waals surface area contributed by atoms with E-state index in [0.717, 1.165) is 11.9 Å². The summed E-state index contributed by atoms with van der Waals surface area (Å²) < 4.78 is 24.6. The molecule has 0 amide bonds. The minimum Gasteiger partial charge on any atom is -0.381 e. The van der Waals surface area contributed by atoms with Gasteiger partial charge in [0.05, 0.1) is 6.26 Å². The van der Waals surface area contributed by atoms with Crippen molar-refractivity contribution in [3.63, 3.8) is 0 Å².